The summed E-state index contributed by atoms with van der Waals surface area (Å²) in [5.74, 6) is 3.84. The van der Waals surface area contributed by atoms with E-state index in [0.717, 1.165) is 44.1 Å². The van der Waals surface area contributed by atoms with Crippen molar-refractivity contribution in [2.45, 2.75) is 9.79 Å². The van der Waals surface area contributed by atoms with Gasteiger partial charge in [0.1, 0.15) is 6.33 Å². The maximum atomic E-state index is 10.1. The Labute approximate surface area is 723 Å². The third kappa shape index (κ3) is 22.9. The fraction of sp³-hybridized carbons (Fsp3) is 0. The molecule has 5 aromatic carbocycles. The zero-order valence-electron chi connectivity index (χ0n) is 58.9. The number of aromatic hydroxyl groups is 2. The van der Waals surface area contributed by atoms with Gasteiger partial charge in [-0.05, 0) is 117 Å². The molecule has 17 rings (SSSR count). The topological polar surface area (TPSA) is 271 Å². The van der Waals surface area contributed by atoms with Crippen molar-refractivity contribution in [1.82, 2.24) is 75.2 Å². The van der Waals surface area contributed by atoms with Crippen LogP contribution < -0.4 is 18.9 Å². The Bertz CT molecular complexity index is 5540. The quantitative estimate of drug-likeness (QED) is 0.0633. The first-order valence-corrected chi connectivity index (χ1v) is 34.6. The van der Waals surface area contributed by atoms with E-state index >= 15 is 0 Å². The van der Waals surface area contributed by atoms with E-state index in [2.05, 4.69) is 94.5 Å². The number of aromatic nitrogens is 15. The molecule has 0 bridgehead atoms. The molecule has 0 aliphatic heterocycles. The molecule has 0 spiro atoms. The van der Waals surface area contributed by atoms with Crippen molar-refractivity contribution in [1.29, 1.82) is 0 Å². The summed E-state index contributed by atoms with van der Waals surface area (Å²) in [6.45, 7) is 0. The molecular formula is C87H55N15O6Pt4S2-2. The third-order valence-corrected chi connectivity index (χ3v) is 16.3. The van der Waals surface area contributed by atoms with Crippen LogP contribution in [0.25, 0.3) is 102 Å². The van der Waals surface area contributed by atoms with Gasteiger partial charge in [0.2, 0.25) is 47.0 Å². The summed E-state index contributed by atoms with van der Waals surface area (Å²) < 4.78 is 22.8. The Hall–Kier alpha value is -12.3. The van der Waals surface area contributed by atoms with Crippen LogP contribution in [-0.2, 0) is 110 Å². The monoisotopic (exact) mass is 2250 g/mol. The van der Waals surface area contributed by atoms with Crippen molar-refractivity contribution in [3.8, 4) is 160 Å². The van der Waals surface area contributed by atoms with E-state index in [1.165, 1.54) is 6.33 Å². The molecule has 114 heavy (non-hydrogen) atoms. The van der Waals surface area contributed by atoms with Gasteiger partial charge in [-0.1, -0.05) is 193 Å². The molecule has 0 amide bonds. The first-order chi connectivity index (χ1) is 54.1. The summed E-state index contributed by atoms with van der Waals surface area (Å²) >= 11 is 10.9. The number of benzene rings is 5. The van der Waals surface area contributed by atoms with Gasteiger partial charge in [-0.2, -0.15) is 10.2 Å². The van der Waals surface area contributed by atoms with Crippen LogP contribution in [0.5, 0.6) is 58.5 Å². The molecule has 0 radical (unpaired) electrons. The molecule has 17 aromatic rings. The number of hydrogen-bond acceptors (Lipinski definition) is 23. The molecule has 0 unspecified atom stereocenters. The third-order valence-electron chi connectivity index (χ3n) is 15.6. The zero-order chi connectivity index (χ0) is 75.1. The summed E-state index contributed by atoms with van der Waals surface area (Å²) in [5, 5.41) is 31.7. The summed E-state index contributed by atoms with van der Waals surface area (Å²) in [4.78, 5) is 53.8. The normalized spacial score (nSPS) is 10.1. The maximum absolute atomic E-state index is 10.1. The Kier molecular flexibility index (Phi) is 31.3. The second-order valence-electron chi connectivity index (χ2n) is 23.1. The van der Waals surface area contributed by atoms with Gasteiger partial charge >= 0.3 is 42.1 Å². The van der Waals surface area contributed by atoms with Crippen LogP contribution in [0.3, 0.4) is 0 Å². The van der Waals surface area contributed by atoms with Gasteiger partial charge in [-0.3, -0.25) is 39.9 Å². The van der Waals surface area contributed by atoms with Crippen LogP contribution in [0.4, 0.5) is 0 Å². The molecule has 0 saturated heterocycles. The average molecular weight is 2250 g/mol. The van der Waals surface area contributed by atoms with Crippen LogP contribution in [-0.4, -0.2) is 85.4 Å². The molecule has 21 nitrogen and oxygen atoms in total. The summed E-state index contributed by atoms with van der Waals surface area (Å²) in [5.41, 5.74) is 12.0. The molecule has 0 atom stereocenters. The molecule has 568 valence electrons. The molecule has 0 fully saturated rings. The Morgan fingerprint density at radius 1 is 0.263 bits per heavy atom. The first-order valence-electron chi connectivity index (χ1n) is 33.7. The average Bonchev–Trinajstić information content (AvgIpc) is 0.798. The Morgan fingerprint density at radius 3 is 1.12 bits per heavy atom. The van der Waals surface area contributed by atoms with Gasteiger partial charge < -0.3 is 54.4 Å². The zero-order valence-corrected chi connectivity index (χ0v) is 69.6. The van der Waals surface area contributed by atoms with Gasteiger partial charge in [0.25, 0.3) is 0 Å². The van der Waals surface area contributed by atoms with E-state index in [-0.39, 0.29) is 95.8 Å². The van der Waals surface area contributed by atoms with Crippen molar-refractivity contribution in [3.05, 3.63) is 347 Å². The van der Waals surface area contributed by atoms with E-state index in [0.29, 0.717) is 114 Å². The van der Waals surface area contributed by atoms with Gasteiger partial charge in [-0.25, -0.2) is 29.7 Å². The first kappa shape index (κ1) is 84.1. The molecule has 0 aliphatic rings. The van der Waals surface area contributed by atoms with E-state index < -0.39 is 0 Å². The van der Waals surface area contributed by atoms with E-state index in [1.54, 1.807) is 140 Å². The second-order valence-corrected chi connectivity index (χ2v) is 24.0. The molecule has 27 heteroatoms. The van der Waals surface area contributed by atoms with Gasteiger partial charge in [0, 0.05) is 114 Å². The largest absolute Gasteiger partial charge is 2.00 e. The van der Waals surface area contributed by atoms with E-state index in [1.807, 2.05) is 176 Å². The van der Waals surface area contributed by atoms with E-state index in [9.17, 15) is 10.2 Å². The van der Waals surface area contributed by atoms with Crippen molar-refractivity contribution >= 4 is 25.3 Å². The standard InChI is InChI=1S/C27H18N3OS.C21H14N3O2.C20H13N4OS.C19H12N5O2.4Pt/c32-25-13-5-4-11-21(25)24-18-20(17-23(29-24)19-9-2-1-3-10-19)22-12-8-15-27(30-22)31-26-14-6-7-16-28-26;25-19-8-2-1-6-16(19)15-11-13-22-18(14-15)17-7-5-10-21(24-17)26-20-9-3-4-12-23-20;26-18-8-2-1-6-14(18)16-12-17(23-13-22-16)15-7-5-10-20(24-15)25-19-9-3-4-11-21-19;25-17-8-2-1-6-13(17)15-12-16(23-24-22-15)14-7-5-10-19(21-14)26-18-9-3-4-11-20-18;;;;/h1-17,32H;1-13,25H;1-11,13,26H;1-11,25H;;;;/q4*-1;;;2*+2/p-2. The smallest absolute Gasteiger partial charge is 0.792 e. The molecule has 12 heterocycles. The maximum Gasteiger partial charge on any atom is 2.00 e. The predicted octanol–water partition coefficient (Wildman–Crippen LogP) is 18.3. The number of rotatable bonds is 17. The molecule has 2 N–H and O–H groups in total. The van der Waals surface area contributed by atoms with Crippen molar-refractivity contribution in [2.75, 3.05) is 0 Å². The number of para-hydroxylation sites is 2. The van der Waals surface area contributed by atoms with Crippen molar-refractivity contribution < 1.29 is 113 Å². The number of hydrogen-bond donors (Lipinski definition) is 2. The summed E-state index contributed by atoms with van der Waals surface area (Å²) in [6.07, 6.45) is 9.79. The van der Waals surface area contributed by atoms with Gasteiger partial charge in [-0.15, -0.1) is 65.2 Å². The minimum Gasteiger partial charge on any atom is -0.792 e. The molecule has 12 aromatic heterocycles. The number of pyridine rings is 10. The second kappa shape index (κ2) is 42.4. The van der Waals surface area contributed by atoms with E-state index in [4.69, 9.17) is 49.2 Å². The SMILES string of the molecule is Oc1ccccc1-c1[c-]c(-c2cccc(Oc3ccccn3)n2)ncc1.Oc1ccccc1-c1[c-]c(-c2cccc(Oc3ccccn3)n2)nnn1.[Pt+2].[Pt+2].[Pt].[Pt].[S-]c1ccccc1-c1[c-]c(-c2cccc(Oc3ccccn3)n2)cc(-c2ccccc2)n1.[S-]c1ccccc1-c1[c-]c(-c2cccc(Oc3ccccn3)n2)ncn1. The van der Waals surface area contributed by atoms with Crippen LogP contribution in [0.1, 0.15) is 0 Å². The molecule has 0 aliphatic carbocycles. The number of phenolic OH excluding ortho intramolecular Hbond substituents is 2. The van der Waals surface area contributed by atoms with Crippen molar-refractivity contribution in [2.24, 2.45) is 0 Å². The molecule has 0 saturated carbocycles. The summed E-state index contributed by atoms with van der Waals surface area (Å²) in [6, 6.07) is 99.4. The van der Waals surface area contributed by atoms with Crippen LogP contribution in [0.15, 0.2) is 332 Å². The Balaban J connectivity index is 0.000000160. The number of ether oxygens (including phenoxy) is 4. The minimum atomic E-state index is 0. The Morgan fingerprint density at radius 2 is 0.640 bits per heavy atom. The number of nitrogens with zero attached hydrogens (tertiary/aromatic N) is 15. The fourth-order valence-corrected chi connectivity index (χ4v) is 11.0. The van der Waals surface area contributed by atoms with Gasteiger partial charge in [0.15, 0.2) is 0 Å². The van der Waals surface area contributed by atoms with Gasteiger partial charge in [0.05, 0.1) is 11.5 Å². The minimum absolute atomic E-state index is 0. The van der Waals surface area contributed by atoms with Crippen LogP contribution in [0.2, 0.25) is 0 Å². The predicted molar refractivity (Wildman–Crippen MR) is 418 cm³/mol. The van der Waals surface area contributed by atoms with Crippen LogP contribution >= 0.6 is 0 Å². The fourth-order valence-electron chi connectivity index (χ4n) is 10.5. The van der Waals surface area contributed by atoms with Crippen molar-refractivity contribution in [3.63, 3.8) is 0 Å². The summed E-state index contributed by atoms with van der Waals surface area (Å²) in [7, 11) is 0. The number of phenols is 2. The van der Waals surface area contributed by atoms with Crippen LogP contribution in [0, 0.1) is 24.3 Å². The molecular weight excluding hydrogens is 2200 g/mol.